The molecule has 6 heteroatoms. The van der Waals surface area contributed by atoms with Crippen molar-refractivity contribution in [3.05, 3.63) is 530 Å². The van der Waals surface area contributed by atoms with Crippen molar-refractivity contribution in [3.63, 3.8) is 0 Å². The molecular weight excluding hydrogens is 1710 g/mol. The van der Waals surface area contributed by atoms with Crippen molar-refractivity contribution < 1.29 is 0 Å². The van der Waals surface area contributed by atoms with Crippen LogP contribution in [0.3, 0.4) is 0 Å². The van der Waals surface area contributed by atoms with E-state index in [1.807, 2.05) is 0 Å². The van der Waals surface area contributed by atoms with E-state index in [1.165, 1.54) is 256 Å². The molecule has 20 aromatic carbocycles. The summed E-state index contributed by atoms with van der Waals surface area (Å²) in [6, 6.07) is 181. The molecule has 0 bridgehead atoms. The molecule has 3 aromatic heterocycles. The van der Waals surface area contributed by atoms with Crippen LogP contribution in [0.15, 0.2) is 491 Å². The highest BCUT2D eigenvalue weighted by molar-refractivity contribution is 6.14. The summed E-state index contributed by atoms with van der Waals surface area (Å²) in [6.45, 7) is 2.14. The maximum absolute atomic E-state index is 2.44. The predicted octanol–water partition coefficient (Wildman–Crippen LogP) is 37.1. The van der Waals surface area contributed by atoms with E-state index < -0.39 is 0 Å². The smallest absolute Gasteiger partial charge is 0.0542 e. The van der Waals surface area contributed by atoms with Crippen molar-refractivity contribution in [2.45, 2.75) is 119 Å². The molecule has 141 heavy (non-hydrogen) atoms. The number of fused-ring (bicyclic) bond motifs is 11. The number of anilines is 9. The van der Waals surface area contributed by atoms with Crippen LogP contribution < -0.4 is 14.7 Å². The van der Waals surface area contributed by atoms with Crippen molar-refractivity contribution in [2.75, 3.05) is 14.7 Å². The standard InChI is InChI=1S/2C46H38N2.C43H38N2/c1-4-17-35(18-5-1)46(31-12-3-13-32-46)36-25-27-38(28-26-36)47(37-19-6-2-7-20-37)39-29-30-45-42(33-39)41-22-10-11-23-44(41)48(45)43-24-14-16-34-15-8-9-21-40(34)43;1-4-16-36(17-5-1)46(30-12-3-13-31-46)37-23-26-39(27-24-37)47(38-18-6-2-7-19-38)41-28-29-45-43(33-41)42-20-10-11-21-44(42)48(45)40-25-22-34-14-8-9-15-35(34)32-40;1-32-19-23-37(24-20-32)45-41-18-10-9-17-39(41)40-31-38(27-28-42(40)45)44(35-15-7-3-8-16-35)36-25-21-34(22-26-36)43(29-11-4-12-30-43)33-13-5-2-6-14-33/h1-2,4-11,14-30,33H,3,12-13,31-32H2;1-2,4-11,14-29,32-33H,3,12-13,30-31H2;2-3,5-10,13-28,31H,4,11-12,29-30H2,1H3. The minimum absolute atomic E-state index is 0.0813. The third-order valence-corrected chi connectivity index (χ3v) is 31.2. The molecule has 3 saturated carbocycles. The van der Waals surface area contributed by atoms with Gasteiger partial charge in [-0.05, 0) is 271 Å². The third kappa shape index (κ3) is 16.4. The Labute approximate surface area is 827 Å². The lowest BCUT2D eigenvalue weighted by Gasteiger charge is -2.39. The number of benzene rings is 20. The molecule has 23 aromatic rings. The van der Waals surface area contributed by atoms with Gasteiger partial charge in [-0.3, -0.25) is 0 Å². The summed E-state index contributed by atoms with van der Waals surface area (Å²) in [7, 11) is 0. The topological polar surface area (TPSA) is 24.5 Å². The number of para-hydroxylation sites is 6. The van der Waals surface area contributed by atoms with Gasteiger partial charge in [0.15, 0.2) is 0 Å². The van der Waals surface area contributed by atoms with Crippen LogP contribution in [0.25, 0.3) is 104 Å². The highest BCUT2D eigenvalue weighted by Gasteiger charge is 2.39. The molecule has 3 heterocycles. The number of hydrogen-bond acceptors (Lipinski definition) is 3. The van der Waals surface area contributed by atoms with Crippen LogP contribution in [0.5, 0.6) is 0 Å². The molecule has 0 spiro atoms. The second-order valence-corrected chi connectivity index (χ2v) is 39.2. The molecule has 0 unspecified atom stereocenters. The van der Waals surface area contributed by atoms with Gasteiger partial charge in [0.25, 0.3) is 0 Å². The van der Waals surface area contributed by atoms with Crippen LogP contribution in [-0.4, -0.2) is 13.7 Å². The summed E-state index contributed by atoms with van der Waals surface area (Å²) >= 11 is 0. The first-order chi connectivity index (χ1) is 69.8. The van der Waals surface area contributed by atoms with E-state index >= 15 is 0 Å². The Morgan fingerprint density at radius 3 is 0.823 bits per heavy atom. The summed E-state index contributed by atoms with van der Waals surface area (Å²) in [5, 5.41) is 12.5. The zero-order valence-electron chi connectivity index (χ0n) is 80.1. The highest BCUT2D eigenvalue weighted by atomic mass is 15.2. The first kappa shape index (κ1) is 87.5. The van der Waals surface area contributed by atoms with Gasteiger partial charge in [-0.1, -0.05) is 379 Å². The van der Waals surface area contributed by atoms with Crippen molar-refractivity contribution in [3.8, 4) is 17.1 Å². The lowest BCUT2D eigenvalue weighted by atomic mass is 9.65. The molecule has 3 aliphatic carbocycles. The fraction of sp³-hybridized carbons (Fsp3) is 0.141. The molecule has 0 saturated heterocycles. The Morgan fingerprint density at radius 1 is 0.170 bits per heavy atom. The SMILES string of the molecule is Cc1ccc(-n2c3ccccc3c3cc(N(c4ccccc4)c4ccc(C5(c6ccccc6)CCCCC5)cc4)ccc32)cc1.c1ccc(N(c2ccc(C3(c4ccccc4)CCCCC3)cc2)c2ccc3c(c2)c2ccccc2n3-c2ccc3ccccc3c2)cc1.c1ccc(N(c2ccc(C3(c4ccccc4)CCCCC3)cc2)c2ccc3c(c2)c2ccccc2n3-c2cccc3ccccc23)cc1. The van der Waals surface area contributed by atoms with Crippen LogP contribution >= 0.6 is 0 Å². The fourth-order valence-corrected chi connectivity index (χ4v) is 24.4. The maximum Gasteiger partial charge on any atom is 0.0542 e. The van der Waals surface area contributed by atoms with E-state index in [1.54, 1.807) is 0 Å². The summed E-state index contributed by atoms with van der Waals surface area (Å²) in [5.74, 6) is 0. The predicted molar refractivity (Wildman–Crippen MR) is 597 cm³/mol. The Hall–Kier alpha value is -16.3. The molecule has 0 amide bonds. The first-order valence-corrected chi connectivity index (χ1v) is 51.0. The summed E-state index contributed by atoms with van der Waals surface area (Å²) < 4.78 is 7.24. The Morgan fingerprint density at radius 2 is 0.440 bits per heavy atom. The van der Waals surface area contributed by atoms with Crippen LogP contribution in [0.4, 0.5) is 51.2 Å². The van der Waals surface area contributed by atoms with Gasteiger partial charge in [0.2, 0.25) is 0 Å². The quantitative estimate of drug-likeness (QED) is 0.0856. The average molecular weight is 1820 g/mol. The molecule has 0 aliphatic heterocycles. The molecule has 3 fully saturated rings. The largest absolute Gasteiger partial charge is 0.310 e. The van der Waals surface area contributed by atoms with E-state index in [4.69, 9.17) is 0 Å². The normalized spacial score (nSPS) is 14.4. The lowest BCUT2D eigenvalue weighted by Crippen LogP contribution is -2.30. The first-order valence-electron chi connectivity index (χ1n) is 51.0. The van der Waals surface area contributed by atoms with Gasteiger partial charge in [0.05, 0.1) is 38.8 Å². The minimum Gasteiger partial charge on any atom is -0.310 e. The molecule has 0 atom stereocenters. The Balaban J connectivity index is 0.000000115. The molecule has 26 rings (SSSR count). The molecule has 0 N–H and O–H groups in total. The van der Waals surface area contributed by atoms with Crippen molar-refractivity contribution in [1.29, 1.82) is 0 Å². The van der Waals surface area contributed by atoms with Crippen molar-refractivity contribution >= 4 is 138 Å². The van der Waals surface area contributed by atoms with E-state index in [2.05, 4.69) is 527 Å². The third-order valence-electron chi connectivity index (χ3n) is 31.2. The van der Waals surface area contributed by atoms with E-state index in [0.717, 1.165) is 34.1 Å². The van der Waals surface area contributed by atoms with Crippen molar-refractivity contribution in [1.82, 2.24) is 13.7 Å². The summed E-state index contributed by atoms with van der Waals surface area (Å²) in [4.78, 5) is 7.21. The molecule has 684 valence electrons. The molecular formula is C135H114N6. The van der Waals surface area contributed by atoms with E-state index in [-0.39, 0.29) is 16.2 Å². The summed E-state index contributed by atoms with van der Waals surface area (Å²) in [6.07, 6.45) is 18.9. The van der Waals surface area contributed by atoms with E-state index in [9.17, 15) is 0 Å². The van der Waals surface area contributed by atoms with Gasteiger partial charge < -0.3 is 28.4 Å². The monoisotopic (exact) mass is 1820 g/mol. The van der Waals surface area contributed by atoms with Crippen molar-refractivity contribution in [2.24, 2.45) is 0 Å². The zero-order valence-corrected chi connectivity index (χ0v) is 80.1. The van der Waals surface area contributed by atoms with E-state index in [0.29, 0.717) is 0 Å². The van der Waals surface area contributed by atoms with Gasteiger partial charge in [0.1, 0.15) is 0 Å². The van der Waals surface area contributed by atoms with Gasteiger partial charge in [-0.2, -0.15) is 0 Å². The van der Waals surface area contributed by atoms with Gasteiger partial charge in [0, 0.05) is 117 Å². The van der Waals surface area contributed by atoms with Gasteiger partial charge in [-0.15, -0.1) is 0 Å². The maximum atomic E-state index is 2.44. The number of aryl methyl sites for hydroxylation is 1. The average Bonchev–Trinajstić information content (AvgIpc) is 1.60. The summed E-state index contributed by atoms with van der Waals surface area (Å²) in [5.41, 5.74) is 31.5. The zero-order chi connectivity index (χ0) is 94.1. The molecule has 6 nitrogen and oxygen atoms in total. The number of nitrogens with zero attached hydrogens (tertiary/aromatic N) is 6. The molecule has 0 radical (unpaired) electrons. The number of hydrogen-bond donors (Lipinski definition) is 0. The van der Waals surface area contributed by atoms with Gasteiger partial charge in [-0.25, -0.2) is 0 Å². The highest BCUT2D eigenvalue weighted by Crippen LogP contribution is 2.52. The minimum atomic E-state index is 0.0813. The lowest BCUT2D eigenvalue weighted by molar-refractivity contribution is 0.346. The Bertz CT molecular complexity index is 8350. The molecule has 3 aliphatic rings. The van der Waals surface area contributed by atoms with Gasteiger partial charge >= 0.3 is 0 Å². The van der Waals surface area contributed by atoms with Crippen LogP contribution in [-0.2, 0) is 16.2 Å². The second-order valence-electron chi connectivity index (χ2n) is 39.2. The van der Waals surface area contributed by atoms with Crippen LogP contribution in [0, 0.1) is 6.92 Å². The second kappa shape index (κ2) is 38.2. The number of aromatic nitrogens is 3. The van der Waals surface area contributed by atoms with Crippen LogP contribution in [0.2, 0.25) is 0 Å². The number of rotatable bonds is 18. The Kier molecular flexibility index (Phi) is 23.7. The fourth-order valence-electron chi connectivity index (χ4n) is 24.4. The van der Waals surface area contributed by atoms with Crippen LogP contribution in [0.1, 0.15) is 135 Å².